The van der Waals surface area contributed by atoms with Crippen LogP contribution in [0.5, 0.6) is 0 Å². The average Bonchev–Trinajstić information content (AvgIpc) is 2.95. The molecule has 5 nitrogen and oxygen atoms in total. The first-order valence-electron chi connectivity index (χ1n) is 6.78. The summed E-state index contributed by atoms with van der Waals surface area (Å²) in [5.41, 5.74) is 8.07. The standard InChI is InChI=1S/C16H13BrN4OS/c1-10-5-14(18)21(15(22)6-10)19-8-13-9-23-16(20-13)11-3-2-4-12(17)7-11/h2-9H,18H2,1H3/b19-8-. The Kier molecular flexibility index (Phi) is 4.40. The molecule has 7 heteroatoms. The predicted molar refractivity (Wildman–Crippen MR) is 98.1 cm³/mol. The van der Waals surface area contributed by atoms with Crippen molar-refractivity contribution in [1.82, 2.24) is 9.66 Å². The highest BCUT2D eigenvalue weighted by Crippen LogP contribution is 2.25. The molecule has 2 N–H and O–H groups in total. The highest BCUT2D eigenvalue weighted by molar-refractivity contribution is 9.10. The molecule has 0 saturated carbocycles. The Morgan fingerprint density at radius 2 is 2.17 bits per heavy atom. The zero-order valence-electron chi connectivity index (χ0n) is 12.2. The number of halogens is 1. The Morgan fingerprint density at radius 1 is 1.35 bits per heavy atom. The van der Waals surface area contributed by atoms with Crippen LogP contribution in [-0.4, -0.2) is 15.9 Å². The minimum Gasteiger partial charge on any atom is -0.384 e. The number of benzene rings is 1. The number of anilines is 1. The molecular formula is C16H13BrN4OS. The Balaban J connectivity index is 1.89. The normalized spacial score (nSPS) is 11.2. The number of rotatable bonds is 3. The largest absolute Gasteiger partial charge is 0.384 e. The third-order valence-corrected chi connectivity index (χ3v) is 4.48. The lowest BCUT2D eigenvalue weighted by Crippen LogP contribution is -2.19. The first-order valence-corrected chi connectivity index (χ1v) is 8.45. The van der Waals surface area contributed by atoms with Crippen LogP contribution in [0.15, 0.2) is 56.1 Å². The Hall–Kier alpha value is -2.25. The summed E-state index contributed by atoms with van der Waals surface area (Å²) in [5, 5.41) is 6.90. The van der Waals surface area contributed by atoms with Gasteiger partial charge in [0.25, 0.3) is 5.56 Å². The van der Waals surface area contributed by atoms with Crippen molar-refractivity contribution in [2.24, 2.45) is 5.10 Å². The van der Waals surface area contributed by atoms with E-state index in [-0.39, 0.29) is 5.56 Å². The van der Waals surface area contributed by atoms with Crippen LogP contribution in [0.2, 0.25) is 0 Å². The van der Waals surface area contributed by atoms with Gasteiger partial charge in [-0.1, -0.05) is 28.1 Å². The fourth-order valence-corrected chi connectivity index (χ4v) is 3.23. The number of hydrogen-bond donors (Lipinski definition) is 1. The molecule has 0 saturated heterocycles. The number of hydrogen-bond acceptors (Lipinski definition) is 5. The van der Waals surface area contributed by atoms with E-state index in [0.29, 0.717) is 11.5 Å². The van der Waals surface area contributed by atoms with Gasteiger partial charge in [0.05, 0.1) is 11.9 Å². The maximum Gasteiger partial charge on any atom is 0.273 e. The second kappa shape index (κ2) is 6.47. The van der Waals surface area contributed by atoms with E-state index < -0.39 is 0 Å². The van der Waals surface area contributed by atoms with Crippen LogP contribution in [0.1, 0.15) is 11.3 Å². The zero-order chi connectivity index (χ0) is 16.4. The van der Waals surface area contributed by atoms with E-state index in [4.69, 9.17) is 5.73 Å². The SMILES string of the molecule is Cc1cc(N)n(/N=C\c2csc(-c3cccc(Br)c3)n2)c(=O)c1. The molecule has 0 spiro atoms. The lowest BCUT2D eigenvalue weighted by molar-refractivity contribution is 0.843. The van der Waals surface area contributed by atoms with Gasteiger partial charge in [0.2, 0.25) is 0 Å². The van der Waals surface area contributed by atoms with Crippen LogP contribution in [-0.2, 0) is 0 Å². The molecule has 0 aliphatic heterocycles. The van der Waals surface area contributed by atoms with E-state index in [1.165, 1.54) is 23.6 Å². The van der Waals surface area contributed by atoms with Crippen molar-refractivity contribution in [2.75, 3.05) is 5.73 Å². The minimum absolute atomic E-state index is 0.263. The molecule has 0 aliphatic carbocycles. The molecule has 0 radical (unpaired) electrons. The summed E-state index contributed by atoms with van der Waals surface area (Å²) < 4.78 is 2.16. The van der Waals surface area contributed by atoms with Gasteiger partial charge in [-0.15, -0.1) is 11.3 Å². The number of nitrogens with zero attached hydrogens (tertiary/aromatic N) is 3. The molecule has 0 fully saturated rings. The lowest BCUT2D eigenvalue weighted by Gasteiger charge is -2.02. The van der Waals surface area contributed by atoms with E-state index in [0.717, 1.165) is 25.3 Å². The van der Waals surface area contributed by atoms with Gasteiger partial charge in [-0.25, -0.2) is 4.98 Å². The van der Waals surface area contributed by atoms with Gasteiger partial charge in [0.1, 0.15) is 10.8 Å². The van der Waals surface area contributed by atoms with Gasteiger partial charge in [-0.05, 0) is 30.7 Å². The van der Waals surface area contributed by atoms with Crippen molar-refractivity contribution in [1.29, 1.82) is 0 Å². The molecule has 3 rings (SSSR count). The lowest BCUT2D eigenvalue weighted by atomic mass is 10.2. The average molecular weight is 389 g/mol. The molecule has 23 heavy (non-hydrogen) atoms. The van der Waals surface area contributed by atoms with Crippen LogP contribution >= 0.6 is 27.3 Å². The van der Waals surface area contributed by atoms with Gasteiger partial charge in [0, 0.05) is 21.5 Å². The zero-order valence-corrected chi connectivity index (χ0v) is 14.6. The molecule has 1 aromatic carbocycles. The quantitative estimate of drug-likeness (QED) is 0.697. The number of nitrogens with two attached hydrogens (primary N) is 1. The molecule has 3 aromatic rings. The van der Waals surface area contributed by atoms with Crippen molar-refractivity contribution in [3.63, 3.8) is 0 Å². The van der Waals surface area contributed by atoms with E-state index >= 15 is 0 Å². The number of aromatic nitrogens is 2. The first kappa shape index (κ1) is 15.6. The van der Waals surface area contributed by atoms with Gasteiger partial charge >= 0.3 is 0 Å². The number of aryl methyl sites for hydroxylation is 1. The third kappa shape index (κ3) is 3.57. The summed E-state index contributed by atoms with van der Waals surface area (Å²) in [5.74, 6) is 0.300. The van der Waals surface area contributed by atoms with Crippen LogP contribution in [0, 0.1) is 6.92 Å². The fourth-order valence-electron chi connectivity index (χ4n) is 2.06. The summed E-state index contributed by atoms with van der Waals surface area (Å²) in [6, 6.07) is 11.1. The maximum atomic E-state index is 11.9. The van der Waals surface area contributed by atoms with E-state index in [1.54, 1.807) is 6.07 Å². The second-order valence-corrected chi connectivity index (χ2v) is 6.71. The number of pyridine rings is 1. The van der Waals surface area contributed by atoms with E-state index in [1.807, 2.05) is 36.6 Å². The molecule has 2 heterocycles. The van der Waals surface area contributed by atoms with Gasteiger partial charge < -0.3 is 5.73 Å². The molecule has 116 valence electrons. The van der Waals surface area contributed by atoms with Gasteiger partial charge in [-0.2, -0.15) is 9.78 Å². The smallest absolute Gasteiger partial charge is 0.273 e. The molecular weight excluding hydrogens is 376 g/mol. The van der Waals surface area contributed by atoms with E-state index in [9.17, 15) is 4.79 Å². The second-order valence-electron chi connectivity index (χ2n) is 4.94. The summed E-state index contributed by atoms with van der Waals surface area (Å²) in [6.07, 6.45) is 1.53. The van der Waals surface area contributed by atoms with Crippen LogP contribution in [0.4, 0.5) is 5.82 Å². The number of nitrogen functional groups attached to an aromatic ring is 1. The Labute approximate surface area is 145 Å². The molecule has 0 amide bonds. The summed E-state index contributed by atoms with van der Waals surface area (Å²) in [4.78, 5) is 16.4. The summed E-state index contributed by atoms with van der Waals surface area (Å²) in [7, 11) is 0. The van der Waals surface area contributed by atoms with E-state index in [2.05, 4.69) is 26.0 Å². The molecule has 0 unspecified atom stereocenters. The summed E-state index contributed by atoms with van der Waals surface area (Å²) >= 11 is 4.96. The molecule has 0 atom stereocenters. The molecule has 0 aliphatic rings. The molecule has 2 aromatic heterocycles. The monoisotopic (exact) mass is 388 g/mol. The highest BCUT2D eigenvalue weighted by atomic mass is 79.9. The van der Waals surface area contributed by atoms with Crippen molar-refractivity contribution in [2.45, 2.75) is 6.92 Å². The minimum atomic E-state index is -0.263. The maximum absolute atomic E-state index is 11.9. The Bertz CT molecular complexity index is 945. The van der Waals surface area contributed by atoms with Gasteiger partial charge in [-0.3, -0.25) is 4.79 Å². The summed E-state index contributed by atoms with van der Waals surface area (Å²) in [6.45, 7) is 1.82. The van der Waals surface area contributed by atoms with Crippen molar-refractivity contribution < 1.29 is 0 Å². The van der Waals surface area contributed by atoms with Crippen LogP contribution in [0.3, 0.4) is 0 Å². The van der Waals surface area contributed by atoms with Gasteiger partial charge in [0.15, 0.2) is 0 Å². The molecule has 0 bridgehead atoms. The predicted octanol–water partition coefficient (Wildman–Crippen LogP) is 3.51. The van der Waals surface area contributed by atoms with Crippen LogP contribution < -0.4 is 11.3 Å². The van der Waals surface area contributed by atoms with Crippen LogP contribution in [0.25, 0.3) is 10.6 Å². The van der Waals surface area contributed by atoms with Crippen molar-refractivity contribution in [3.8, 4) is 10.6 Å². The van der Waals surface area contributed by atoms with Crippen molar-refractivity contribution >= 4 is 39.3 Å². The Morgan fingerprint density at radius 3 is 2.91 bits per heavy atom. The third-order valence-electron chi connectivity index (χ3n) is 3.08. The first-order chi connectivity index (χ1) is 11.0. The topological polar surface area (TPSA) is 73.3 Å². The number of thiazole rings is 1. The van der Waals surface area contributed by atoms with Crippen molar-refractivity contribution in [3.05, 3.63) is 67.9 Å². The highest BCUT2D eigenvalue weighted by Gasteiger charge is 2.05. The fraction of sp³-hybridized carbons (Fsp3) is 0.0625.